The van der Waals surface area contributed by atoms with Gasteiger partial charge in [0.25, 0.3) is 5.56 Å². The summed E-state index contributed by atoms with van der Waals surface area (Å²) in [7, 11) is 1.31. The maximum atomic E-state index is 11.7. The third-order valence-electron chi connectivity index (χ3n) is 3.15. The number of pyridine rings is 1. The molecule has 112 valence electrons. The number of nitrogens with zero attached hydrogens (tertiary/aromatic N) is 4. The lowest BCUT2D eigenvalue weighted by Gasteiger charge is -2.11. The second-order valence-corrected chi connectivity index (χ2v) is 4.92. The smallest absolute Gasteiger partial charge is 0.360 e. The Morgan fingerprint density at radius 3 is 2.71 bits per heavy atom. The summed E-state index contributed by atoms with van der Waals surface area (Å²) in [6, 6.07) is 5.00. The summed E-state index contributed by atoms with van der Waals surface area (Å²) in [6.07, 6.45) is 1.72. The summed E-state index contributed by atoms with van der Waals surface area (Å²) in [5.41, 5.74) is 0.871. The van der Waals surface area contributed by atoms with E-state index in [9.17, 15) is 9.59 Å². The van der Waals surface area contributed by atoms with Crippen molar-refractivity contribution in [1.29, 1.82) is 0 Å². The van der Waals surface area contributed by atoms with E-state index in [1.807, 2.05) is 13.8 Å². The van der Waals surface area contributed by atoms with Crippen molar-refractivity contribution in [3.63, 3.8) is 0 Å². The van der Waals surface area contributed by atoms with E-state index in [0.29, 0.717) is 18.8 Å². The number of carbonyl (C=O) groups excluding carboxylic acids is 1. The van der Waals surface area contributed by atoms with Crippen LogP contribution >= 0.6 is 0 Å². The van der Waals surface area contributed by atoms with E-state index in [-0.39, 0.29) is 17.2 Å². The lowest BCUT2D eigenvalue weighted by molar-refractivity contribution is 0.0592. The van der Waals surface area contributed by atoms with E-state index < -0.39 is 5.97 Å². The molecule has 0 amide bonds. The molecule has 0 aromatic carbocycles. The van der Waals surface area contributed by atoms with E-state index >= 15 is 0 Å². The molecular weight excluding hydrogens is 272 g/mol. The summed E-state index contributed by atoms with van der Waals surface area (Å²) in [5.74, 6) is -0.427. The molecule has 0 fully saturated rings. The first-order chi connectivity index (χ1) is 10.0. The predicted octanol–water partition coefficient (Wildman–Crippen LogP) is 1.05. The molecular formula is C14H18N4O3. The molecule has 0 spiro atoms. The van der Waals surface area contributed by atoms with Gasteiger partial charge in [0.1, 0.15) is 0 Å². The number of aromatic nitrogens is 4. The quantitative estimate of drug-likeness (QED) is 0.769. The maximum Gasteiger partial charge on any atom is 0.360 e. The Kier molecular flexibility index (Phi) is 4.52. The molecule has 2 aromatic heterocycles. The van der Waals surface area contributed by atoms with E-state index in [1.165, 1.54) is 13.2 Å². The summed E-state index contributed by atoms with van der Waals surface area (Å²) >= 11 is 0. The molecule has 0 aliphatic carbocycles. The van der Waals surface area contributed by atoms with Crippen LogP contribution in [0.4, 0.5) is 0 Å². The highest BCUT2D eigenvalue weighted by molar-refractivity contribution is 5.88. The zero-order chi connectivity index (χ0) is 15.4. The van der Waals surface area contributed by atoms with E-state index in [0.717, 1.165) is 0 Å². The van der Waals surface area contributed by atoms with Crippen LogP contribution in [0.2, 0.25) is 0 Å². The van der Waals surface area contributed by atoms with Crippen molar-refractivity contribution in [2.45, 2.75) is 32.9 Å². The molecule has 0 aliphatic heterocycles. The first kappa shape index (κ1) is 15.0. The fraction of sp³-hybridized carbons (Fsp3) is 0.429. The largest absolute Gasteiger partial charge is 0.464 e. The van der Waals surface area contributed by atoms with Crippen LogP contribution in [0.15, 0.2) is 29.2 Å². The molecule has 2 rings (SSSR count). The Bertz CT molecular complexity index is 688. The molecule has 0 radical (unpaired) electrons. The zero-order valence-electron chi connectivity index (χ0n) is 12.3. The highest BCUT2D eigenvalue weighted by Gasteiger charge is 2.22. The van der Waals surface area contributed by atoms with Crippen molar-refractivity contribution in [3.05, 3.63) is 46.1 Å². The highest BCUT2D eigenvalue weighted by Crippen LogP contribution is 2.18. The topological polar surface area (TPSA) is 79.0 Å². The fourth-order valence-corrected chi connectivity index (χ4v) is 2.15. The third kappa shape index (κ3) is 3.18. The van der Waals surface area contributed by atoms with E-state index in [2.05, 4.69) is 10.3 Å². The van der Waals surface area contributed by atoms with Gasteiger partial charge in [0.2, 0.25) is 0 Å². The highest BCUT2D eigenvalue weighted by atomic mass is 16.5. The van der Waals surface area contributed by atoms with Crippen LogP contribution in [-0.4, -0.2) is 32.6 Å². The van der Waals surface area contributed by atoms with Gasteiger partial charge in [0, 0.05) is 18.8 Å². The Morgan fingerprint density at radius 1 is 1.33 bits per heavy atom. The van der Waals surface area contributed by atoms with Crippen LogP contribution in [0.1, 0.15) is 35.9 Å². The van der Waals surface area contributed by atoms with Gasteiger partial charge in [-0.2, -0.15) is 0 Å². The van der Waals surface area contributed by atoms with Crippen molar-refractivity contribution in [2.75, 3.05) is 7.11 Å². The minimum absolute atomic E-state index is 0.0709. The van der Waals surface area contributed by atoms with Crippen molar-refractivity contribution in [2.24, 2.45) is 0 Å². The molecule has 0 saturated heterocycles. The number of rotatable bonds is 5. The van der Waals surface area contributed by atoms with Gasteiger partial charge in [0.05, 0.1) is 19.3 Å². The molecule has 21 heavy (non-hydrogen) atoms. The van der Waals surface area contributed by atoms with Gasteiger partial charge < -0.3 is 9.30 Å². The number of hydrogen-bond acceptors (Lipinski definition) is 5. The molecule has 2 heterocycles. The van der Waals surface area contributed by atoms with Crippen molar-refractivity contribution in [1.82, 2.24) is 19.6 Å². The van der Waals surface area contributed by atoms with Crippen LogP contribution < -0.4 is 5.56 Å². The number of ether oxygens (including phenoxy) is 1. The van der Waals surface area contributed by atoms with Crippen LogP contribution in [0.3, 0.4) is 0 Å². The Labute approximate surface area is 122 Å². The molecule has 2 aromatic rings. The molecule has 0 atom stereocenters. The lowest BCUT2D eigenvalue weighted by Crippen LogP contribution is -2.22. The summed E-state index contributed by atoms with van der Waals surface area (Å²) in [6.45, 7) is 4.83. The van der Waals surface area contributed by atoms with Crippen LogP contribution in [0, 0.1) is 0 Å². The second-order valence-electron chi connectivity index (χ2n) is 4.92. The average Bonchev–Trinajstić information content (AvgIpc) is 2.89. The summed E-state index contributed by atoms with van der Waals surface area (Å²) in [5, 5.41) is 7.90. The van der Waals surface area contributed by atoms with E-state index in [4.69, 9.17) is 4.74 Å². The molecule has 0 unspecified atom stereocenters. The fourth-order valence-electron chi connectivity index (χ4n) is 2.15. The number of esters is 1. The molecule has 0 N–H and O–H groups in total. The lowest BCUT2D eigenvalue weighted by atomic mass is 10.1. The Balaban J connectivity index is 2.25. The van der Waals surface area contributed by atoms with Crippen molar-refractivity contribution in [3.8, 4) is 0 Å². The van der Waals surface area contributed by atoms with Crippen LogP contribution in [-0.2, 0) is 17.8 Å². The molecule has 0 saturated carbocycles. The van der Waals surface area contributed by atoms with Gasteiger partial charge >= 0.3 is 5.97 Å². The van der Waals surface area contributed by atoms with Crippen molar-refractivity contribution >= 4 is 5.97 Å². The van der Waals surface area contributed by atoms with Gasteiger partial charge in [-0.1, -0.05) is 25.1 Å². The van der Waals surface area contributed by atoms with E-state index in [1.54, 1.807) is 27.6 Å². The number of methoxy groups -OCH3 is 1. The zero-order valence-corrected chi connectivity index (χ0v) is 12.3. The van der Waals surface area contributed by atoms with Crippen LogP contribution in [0.5, 0.6) is 0 Å². The first-order valence-corrected chi connectivity index (χ1v) is 6.71. The molecule has 7 heteroatoms. The van der Waals surface area contributed by atoms with Gasteiger partial charge in [-0.15, -0.1) is 5.10 Å². The first-order valence-electron chi connectivity index (χ1n) is 6.71. The van der Waals surface area contributed by atoms with Gasteiger partial charge in [-0.3, -0.25) is 4.79 Å². The number of aryl methyl sites for hydroxylation is 2. The summed E-state index contributed by atoms with van der Waals surface area (Å²) in [4.78, 5) is 23.3. The standard InChI is InChI=1S/C14H18N4O3/c1-10(2)13-12(14(20)21-3)15-16-18(13)9-8-17-7-5-4-6-11(17)19/h4-7,10H,8-9H2,1-3H3. The predicted molar refractivity (Wildman–Crippen MR) is 76.2 cm³/mol. The monoisotopic (exact) mass is 290 g/mol. The second kappa shape index (κ2) is 6.34. The van der Waals surface area contributed by atoms with Gasteiger partial charge in [-0.05, 0) is 12.0 Å². The third-order valence-corrected chi connectivity index (χ3v) is 3.15. The Hall–Kier alpha value is -2.44. The Morgan fingerprint density at radius 2 is 2.10 bits per heavy atom. The number of carbonyl (C=O) groups is 1. The molecule has 0 aliphatic rings. The minimum Gasteiger partial charge on any atom is -0.464 e. The molecule has 0 bridgehead atoms. The number of hydrogen-bond donors (Lipinski definition) is 0. The molecule has 7 nitrogen and oxygen atoms in total. The average molecular weight is 290 g/mol. The summed E-state index contributed by atoms with van der Waals surface area (Å²) < 4.78 is 7.95. The minimum atomic E-state index is -0.498. The normalized spacial score (nSPS) is 10.9. The van der Waals surface area contributed by atoms with Crippen molar-refractivity contribution < 1.29 is 9.53 Å². The SMILES string of the molecule is COC(=O)c1nnn(CCn2ccccc2=O)c1C(C)C. The van der Waals surface area contributed by atoms with Crippen LogP contribution in [0.25, 0.3) is 0 Å². The van der Waals surface area contributed by atoms with Gasteiger partial charge in [0.15, 0.2) is 5.69 Å². The maximum absolute atomic E-state index is 11.7. The van der Waals surface area contributed by atoms with Gasteiger partial charge in [-0.25, -0.2) is 9.48 Å².